The topological polar surface area (TPSA) is 42.4 Å². The summed E-state index contributed by atoms with van der Waals surface area (Å²) in [7, 11) is 0. The smallest absolute Gasteiger partial charge is 0.159 e. The zero-order valence-electron chi connectivity index (χ0n) is 10.8. The normalized spacial score (nSPS) is 19.6. The molecule has 1 aromatic heterocycles. The number of aromatic nitrogens is 1. The van der Waals surface area contributed by atoms with E-state index in [9.17, 15) is 5.11 Å². The minimum atomic E-state index is -0.463. The van der Waals surface area contributed by atoms with Gasteiger partial charge in [0.05, 0.1) is 16.7 Å². The number of hydrogen-bond acceptors (Lipinski definition) is 5. The molecular formula is C14H15NO2S2. The summed E-state index contributed by atoms with van der Waals surface area (Å²) in [5, 5.41) is 10.7. The van der Waals surface area contributed by atoms with E-state index >= 15 is 0 Å². The Morgan fingerprint density at radius 3 is 2.95 bits per heavy atom. The van der Waals surface area contributed by atoms with Crippen molar-refractivity contribution in [3.8, 4) is 5.75 Å². The lowest BCUT2D eigenvalue weighted by Crippen LogP contribution is -2.14. The van der Waals surface area contributed by atoms with E-state index in [2.05, 4.69) is 11.1 Å². The van der Waals surface area contributed by atoms with Gasteiger partial charge in [0.25, 0.3) is 0 Å². The van der Waals surface area contributed by atoms with Crippen LogP contribution in [0, 0.1) is 6.92 Å². The third kappa shape index (κ3) is 2.50. The van der Waals surface area contributed by atoms with E-state index in [4.69, 9.17) is 4.74 Å². The second-order valence-corrected chi connectivity index (χ2v) is 6.67. The molecule has 1 aromatic carbocycles. The zero-order chi connectivity index (χ0) is 13.4. The highest BCUT2D eigenvalue weighted by Gasteiger charge is 2.25. The number of thiazole rings is 1. The molecule has 3 rings (SSSR count). The van der Waals surface area contributed by atoms with Crippen molar-refractivity contribution >= 4 is 23.1 Å². The van der Waals surface area contributed by atoms with Crippen LogP contribution in [-0.2, 0) is 0 Å². The van der Waals surface area contributed by atoms with Gasteiger partial charge < -0.3 is 9.84 Å². The van der Waals surface area contributed by atoms with Crippen molar-refractivity contribution in [3.63, 3.8) is 0 Å². The van der Waals surface area contributed by atoms with Crippen molar-refractivity contribution in [1.29, 1.82) is 0 Å². The Bertz CT molecular complexity index is 595. The van der Waals surface area contributed by atoms with Gasteiger partial charge in [0.1, 0.15) is 10.8 Å². The number of rotatable bonds is 2. The molecule has 2 atom stereocenters. The standard InChI is InChI=1S/C14H15NO2S2/c1-8-13(9(2)16)19-14(15-8)11-7-18-12-6-4-3-5-10(12)17-11/h3-6,9,11,16H,7H2,1-2H3. The maximum Gasteiger partial charge on any atom is 0.159 e. The van der Waals surface area contributed by atoms with Gasteiger partial charge in [-0.2, -0.15) is 0 Å². The Labute approximate surface area is 120 Å². The highest BCUT2D eigenvalue weighted by molar-refractivity contribution is 7.99. The van der Waals surface area contributed by atoms with Crippen molar-refractivity contribution in [1.82, 2.24) is 4.98 Å². The van der Waals surface area contributed by atoms with Gasteiger partial charge in [-0.15, -0.1) is 23.1 Å². The summed E-state index contributed by atoms with van der Waals surface area (Å²) in [6, 6.07) is 8.07. The molecule has 0 bridgehead atoms. The first-order valence-electron chi connectivity index (χ1n) is 6.19. The van der Waals surface area contributed by atoms with Gasteiger partial charge in [0, 0.05) is 10.6 Å². The van der Waals surface area contributed by atoms with E-state index < -0.39 is 6.10 Å². The molecule has 3 nitrogen and oxygen atoms in total. The van der Waals surface area contributed by atoms with Gasteiger partial charge >= 0.3 is 0 Å². The molecule has 0 saturated heterocycles. The van der Waals surface area contributed by atoms with Crippen molar-refractivity contribution in [2.24, 2.45) is 0 Å². The molecule has 2 aromatic rings. The fraction of sp³-hybridized carbons (Fsp3) is 0.357. The monoisotopic (exact) mass is 293 g/mol. The number of aliphatic hydroxyl groups is 1. The molecule has 1 aliphatic heterocycles. The number of ether oxygens (including phenoxy) is 1. The molecule has 0 fully saturated rings. The van der Waals surface area contributed by atoms with Gasteiger partial charge in [-0.25, -0.2) is 4.98 Å². The molecule has 0 amide bonds. The summed E-state index contributed by atoms with van der Waals surface area (Å²) < 4.78 is 6.01. The van der Waals surface area contributed by atoms with Crippen molar-refractivity contribution in [2.45, 2.75) is 31.0 Å². The van der Waals surface area contributed by atoms with Crippen LogP contribution >= 0.6 is 23.1 Å². The second kappa shape index (κ2) is 5.15. The molecule has 2 unspecified atom stereocenters. The van der Waals surface area contributed by atoms with E-state index in [-0.39, 0.29) is 6.10 Å². The predicted molar refractivity (Wildman–Crippen MR) is 78.0 cm³/mol. The molecule has 0 spiro atoms. The summed E-state index contributed by atoms with van der Waals surface area (Å²) in [5.74, 6) is 1.79. The van der Waals surface area contributed by atoms with E-state index in [0.29, 0.717) is 0 Å². The lowest BCUT2D eigenvalue weighted by Gasteiger charge is -2.23. The predicted octanol–water partition coefficient (Wildman–Crippen LogP) is 3.73. The first-order valence-corrected chi connectivity index (χ1v) is 7.99. The van der Waals surface area contributed by atoms with Crippen LogP contribution in [0.3, 0.4) is 0 Å². The molecule has 5 heteroatoms. The lowest BCUT2D eigenvalue weighted by atomic mass is 10.3. The highest BCUT2D eigenvalue weighted by Crippen LogP contribution is 2.41. The third-order valence-electron chi connectivity index (χ3n) is 3.01. The van der Waals surface area contributed by atoms with E-state index in [1.807, 2.05) is 25.1 Å². The van der Waals surface area contributed by atoms with Gasteiger partial charge in [-0.1, -0.05) is 12.1 Å². The van der Waals surface area contributed by atoms with Crippen molar-refractivity contribution in [2.75, 3.05) is 5.75 Å². The summed E-state index contributed by atoms with van der Waals surface area (Å²) >= 11 is 3.34. The highest BCUT2D eigenvalue weighted by atomic mass is 32.2. The van der Waals surface area contributed by atoms with E-state index in [0.717, 1.165) is 27.1 Å². The second-order valence-electron chi connectivity index (χ2n) is 4.54. The summed E-state index contributed by atoms with van der Waals surface area (Å²) in [6.07, 6.45) is -0.481. The first kappa shape index (κ1) is 13.0. The van der Waals surface area contributed by atoms with Gasteiger partial charge in [0.2, 0.25) is 0 Å². The number of benzene rings is 1. The number of fused-ring (bicyclic) bond motifs is 1. The van der Waals surface area contributed by atoms with E-state index in [1.165, 1.54) is 4.90 Å². The number of aliphatic hydroxyl groups excluding tert-OH is 1. The van der Waals surface area contributed by atoms with Crippen molar-refractivity contribution < 1.29 is 9.84 Å². The molecule has 1 aliphatic rings. The number of para-hydroxylation sites is 1. The molecule has 100 valence electrons. The number of hydrogen-bond donors (Lipinski definition) is 1. The first-order chi connectivity index (χ1) is 9.15. The quantitative estimate of drug-likeness (QED) is 0.916. The van der Waals surface area contributed by atoms with Crippen LogP contribution in [-0.4, -0.2) is 15.8 Å². The maximum absolute atomic E-state index is 9.70. The number of nitrogens with zero attached hydrogens (tertiary/aromatic N) is 1. The Morgan fingerprint density at radius 1 is 1.42 bits per heavy atom. The average Bonchev–Trinajstić information content (AvgIpc) is 2.80. The van der Waals surface area contributed by atoms with Gasteiger partial charge in [-0.05, 0) is 26.0 Å². The van der Waals surface area contributed by atoms with Crippen LogP contribution in [0.15, 0.2) is 29.2 Å². The molecule has 2 heterocycles. The van der Waals surface area contributed by atoms with Gasteiger partial charge in [-0.3, -0.25) is 0 Å². The Morgan fingerprint density at radius 2 is 2.21 bits per heavy atom. The minimum Gasteiger partial charge on any atom is -0.481 e. The molecule has 19 heavy (non-hydrogen) atoms. The van der Waals surface area contributed by atoms with Crippen LogP contribution < -0.4 is 4.74 Å². The van der Waals surface area contributed by atoms with Crippen molar-refractivity contribution in [3.05, 3.63) is 39.8 Å². The van der Waals surface area contributed by atoms with Crippen LogP contribution in [0.1, 0.15) is 34.7 Å². The van der Waals surface area contributed by atoms with Gasteiger partial charge in [0.15, 0.2) is 6.10 Å². The van der Waals surface area contributed by atoms with Crippen LogP contribution in [0.5, 0.6) is 5.75 Å². The summed E-state index contributed by atoms with van der Waals surface area (Å²) in [4.78, 5) is 6.66. The summed E-state index contributed by atoms with van der Waals surface area (Å²) in [6.45, 7) is 3.71. The number of thioether (sulfide) groups is 1. The average molecular weight is 293 g/mol. The van der Waals surface area contributed by atoms with E-state index in [1.54, 1.807) is 30.0 Å². The molecule has 0 saturated carbocycles. The maximum atomic E-state index is 9.70. The fourth-order valence-corrected chi connectivity index (χ4v) is 4.23. The summed E-state index contributed by atoms with van der Waals surface area (Å²) in [5.41, 5.74) is 0.905. The lowest BCUT2D eigenvalue weighted by molar-refractivity contribution is 0.202. The molecule has 0 radical (unpaired) electrons. The Balaban J connectivity index is 1.87. The zero-order valence-corrected chi connectivity index (χ0v) is 12.4. The Hall–Kier alpha value is -1.04. The molecular weight excluding hydrogens is 278 g/mol. The SMILES string of the molecule is Cc1nc(C2CSc3ccccc3O2)sc1C(C)O. The largest absolute Gasteiger partial charge is 0.481 e. The number of aryl methyl sites for hydroxylation is 1. The van der Waals surface area contributed by atoms with Crippen LogP contribution in [0.2, 0.25) is 0 Å². The minimum absolute atomic E-state index is 0.0175. The third-order valence-corrected chi connectivity index (χ3v) is 5.55. The molecule has 1 N–H and O–H groups in total. The fourth-order valence-electron chi connectivity index (χ4n) is 2.10. The van der Waals surface area contributed by atoms with Crippen LogP contribution in [0.25, 0.3) is 0 Å². The molecule has 0 aliphatic carbocycles. The van der Waals surface area contributed by atoms with Crippen LogP contribution in [0.4, 0.5) is 0 Å². The Kier molecular flexibility index (Phi) is 3.52.